The Morgan fingerprint density at radius 1 is 1.35 bits per heavy atom. The van der Waals surface area contributed by atoms with Crippen molar-refractivity contribution < 1.29 is 0 Å². The van der Waals surface area contributed by atoms with E-state index in [0.717, 1.165) is 37.3 Å². The van der Waals surface area contributed by atoms with E-state index in [2.05, 4.69) is 55.0 Å². The predicted octanol–water partition coefficient (Wildman–Crippen LogP) is 3.36. The van der Waals surface area contributed by atoms with Crippen LogP contribution in [0.25, 0.3) is 10.9 Å². The van der Waals surface area contributed by atoms with Gasteiger partial charge in [0.05, 0.1) is 11.2 Å². The van der Waals surface area contributed by atoms with Crippen LogP contribution in [0.15, 0.2) is 43.0 Å². The molecule has 1 N–H and O–H groups in total. The lowest BCUT2D eigenvalue weighted by atomic mass is 10.1. The van der Waals surface area contributed by atoms with Gasteiger partial charge in [-0.05, 0) is 25.1 Å². The molecule has 0 aliphatic rings. The van der Waals surface area contributed by atoms with Gasteiger partial charge in [0.2, 0.25) is 0 Å². The van der Waals surface area contributed by atoms with Crippen LogP contribution in [0, 0.1) is 0 Å². The second-order valence-electron chi connectivity index (χ2n) is 5.00. The number of benzene rings is 1. The summed E-state index contributed by atoms with van der Waals surface area (Å²) in [5, 5.41) is 4.60. The molecule has 0 spiro atoms. The summed E-state index contributed by atoms with van der Waals surface area (Å²) in [5.74, 6) is 0. The third-order valence-corrected chi connectivity index (χ3v) is 3.29. The highest BCUT2D eigenvalue weighted by Crippen LogP contribution is 2.25. The first-order chi connectivity index (χ1) is 9.76. The Balaban J connectivity index is 2.38. The van der Waals surface area contributed by atoms with Crippen molar-refractivity contribution in [1.82, 2.24) is 10.3 Å². The average molecular weight is 269 g/mol. The third kappa shape index (κ3) is 3.36. The van der Waals surface area contributed by atoms with Crippen LogP contribution in [0.3, 0.4) is 0 Å². The standard InChI is InChI=1S/C17H23N3/c1-4-10-18-13-14-12-17(20(3)11-5-2)15-8-6-7-9-16(15)19-14/h5-9,12,18H,2,4,10-11,13H2,1,3H3. The largest absolute Gasteiger partial charge is 0.370 e. The predicted molar refractivity (Wildman–Crippen MR) is 87.2 cm³/mol. The molecule has 0 saturated carbocycles. The Morgan fingerprint density at radius 2 is 2.15 bits per heavy atom. The van der Waals surface area contributed by atoms with E-state index < -0.39 is 0 Å². The maximum Gasteiger partial charge on any atom is 0.0726 e. The molecule has 0 aliphatic carbocycles. The maximum absolute atomic E-state index is 4.74. The summed E-state index contributed by atoms with van der Waals surface area (Å²) in [4.78, 5) is 6.94. The van der Waals surface area contributed by atoms with E-state index in [1.54, 1.807) is 0 Å². The van der Waals surface area contributed by atoms with Crippen molar-refractivity contribution >= 4 is 16.6 Å². The molecule has 0 atom stereocenters. The molecule has 1 aromatic heterocycles. The molecule has 0 saturated heterocycles. The quantitative estimate of drug-likeness (QED) is 0.617. The van der Waals surface area contributed by atoms with Crippen LogP contribution in [-0.2, 0) is 6.54 Å². The van der Waals surface area contributed by atoms with Crippen molar-refractivity contribution in [1.29, 1.82) is 0 Å². The smallest absolute Gasteiger partial charge is 0.0726 e. The molecule has 0 radical (unpaired) electrons. The fraction of sp³-hybridized carbons (Fsp3) is 0.353. The zero-order valence-corrected chi connectivity index (χ0v) is 12.4. The van der Waals surface area contributed by atoms with Crippen molar-refractivity contribution in [2.45, 2.75) is 19.9 Å². The Morgan fingerprint density at radius 3 is 2.90 bits per heavy atom. The van der Waals surface area contributed by atoms with Gasteiger partial charge in [-0.1, -0.05) is 31.2 Å². The van der Waals surface area contributed by atoms with Crippen LogP contribution in [0.1, 0.15) is 19.0 Å². The van der Waals surface area contributed by atoms with Crippen molar-refractivity contribution in [2.24, 2.45) is 0 Å². The molecule has 0 fully saturated rings. The van der Waals surface area contributed by atoms with Crippen LogP contribution >= 0.6 is 0 Å². The van der Waals surface area contributed by atoms with Crippen molar-refractivity contribution in [3.05, 3.63) is 48.7 Å². The van der Waals surface area contributed by atoms with E-state index >= 15 is 0 Å². The molecule has 0 amide bonds. The monoisotopic (exact) mass is 269 g/mol. The van der Waals surface area contributed by atoms with Crippen LogP contribution in [0.2, 0.25) is 0 Å². The molecule has 3 heteroatoms. The number of hydrogen-bond acceptors (Lipinski definition) is 3. The highest BCUT2D eigenvalue weighted by atomic mass is 15.1. The molecular formula is C17H23N3. The summed E-state index contributed by atoms with van der Waals surface area (Å²) in [7, 11) is 2.09. The number of para-hydroxylation sites is 1. The molecule has 0 unspecified atom stereocenters. The Hall–Kier alpha value is -1.87. The Labute approximate surface area is 121 Å². The zero-order valence-electron chi connectivity index (χ0n) is 12.4. The second-order valence-corrected chi connectivity index (χ2v) is 5.00. The first-order valence-corrected chi connectivity index (χ1v) is 7.17. The Kier molecular flexibility index (Phi) is 5.13. The minimum Gasteiger partial charge on any atom is -0.370 e. The lowest BCUT2D eigenvalue weighted by Gasteiger charge is -2.20. The van der Waals surface area contributed by atoms with Crippen molar-refractivity contribution in [3.63, 3.8) is 0 Å². The van der Waals surface area contributed by atoms with Gasteiger partial charge in [0, 0.05) is 31.2 Å². The van der Waals surface area contributed by atoms with E-state index in [-0.39, 0.29) is 0 Å². The maximum atomic E-state index is 4.74. The fourth-order valence-corrected chi connectivity index (χ4v) is 2.30. The average Bonchev–Trinajstić information content (AvgIpc) is 2.47. The molecule has 1 aromatic carbocycles. The van der Waals surface area contributed by atoms with Gasteiger partial charge in [-0.3, -0.25) is 4.98 Å². The third-order valence-electron chi connectivity index (χ3n) is 3.29. The molecular weight excluding hydrogens is 246 g/mol. The normalized spacial score (nSPS) is 10.7. The van der Waals surface area contributed by atoms with Crippen molar-refractivity contribution in [2.75, 3.05) is 25.0 Å². The first-order valence-electron chi connectivity index (χ1n) is 7.17. The lowest BCUT2D eigenvalue weighted by molar-refractivity contribution is 0.666. The fourth-order valence-electron chi connectivity index (χ4n) is 2.30. The number of rotatable bonds is 7. The van der Waals surface area contributed by atoms with E-state index in [1.165, 1.54) is 11.1 Å². The van der Waals surface area contributed by atoms with E-state index in [1.807, 2.05) is 12.1 Å². The summed E-state index contributed by atoms with van der Waals surface area (Å²) >= 11 is 0. The van der Waals surface area contributed by atoms with E-state index in [4.69, 9.17) is 4.98 Å². The van der Waals surface area contributed by atoms with Gasteiger partial charge >= 0.3 is 0 Å². The summed E-state index contributed by atoms with van der Waals surface area (Å²) in [6.07, 6.45) is 3.06. The molecule has 2 rings (SSSR count). The van der Waals surface area contributed by atoms with Crippen LogP contribution in [0.4, 0.5) is 5.69 Å². The van der Waals surface area contributed by atoms with Gasteiger partial charge in [0.1, 0.15) is 0 Å². The number of hydrogen-bond donors (Lipinski definition) is 1. The number of nitrogens with zero attached hydrogens (tertiary/aromatic N) is 2. The molecule has 106 valence electrons. The van der Waals surface area contributed by atoms with Crippen LogP contribution in [0.5, 0.6) is 0 Å². The molecule has 0 bridgehead atoms. The van der Waals surface area contributed by atoms with Gasteiger partial charge in [-0.2, -0.15) is 0 Å². The number of aromatic nitrogens is 1. The summed E-state index contributed by atoms with van der Waals surface area (Å²) in [6, 6.07) is 10.5. The topological polar surface area (TPSA) is 28.2 Å². The zero-order chi connectivity index (χ0) is 14.4. The minimum atomic E-state index is 0.813. The molecule has 3 nitrogen and oxygen atoms in total. The van der Waals surface area contributed by atoms with Crippen LogP contribution < -0.4 is 10.2 Å². The summed E-state index contributed by atoms with van der Waals surface area (Å²) < 4.78 is 0. The number of fused-ring (bicyclic) bond motifs is 1. The van der Waals surface area contributed by atoms with Gasteiger partial charge in [0.25, 0.3) is 0 Å². The van der Waals surface area contributed by atoms with Gasteiger partial charge in [-0.25, -0.2) is 0 Å². The number of likely N-dealkylation sites (N-methyl/N-ethyl adjacent to an activating group) is 1. The first kappa shape index (κ1) is 14.5. The van der Waals surface area contributed by atoms with Crippen LogP contribution in [-0.4, -0.2) is 25.1 Å². The summed E-state index contributed by atoms with van der Waals surface area (Å²) in [6.45, 7) is 8.65. The highest BCUT2D eigenvalue weighted by Gasteiger charge is 2.08. The Bertz CT molecular complexity index is 577. The van der Waals surface area contributed by atoms with Gasteiger partial charge in [-0.15, -0.1) is 6.58 Å². The lowest BCUT2D eigenvalue weighted by Crippen LogP contribution is -2.19. The van der Waals surface area contributed by atoms with E-state index in [0.29, 0.717) is 0 Å². The minimum absolute atomic E-state index is 0.813. The van der Waals surface area contributed by atoms with Gasteiger partial charge in [0.15, 0.2) is 0 Å². The molecule has 1 heterocycles. The van der Waals surface area contributed by atoms with Crippen molar-refractivity contribution in [3.8, 4) is 0 Å². The second kappa shape index (κ2) is 7.06. The number of pyridine rings is 1. The van der Waals surface area contributed by atoms with Gasteiger partial charge < -0.3 is 10.2 Å². The number of nitrogens with one attached hydrogen (secondary N) is 1. The van der Waals surface area contributed by atoms with E-state index in [9.17, 15) is 0 Å². The molecule has 0 aliphatic heterocycles. The molecule has 20 heavy (non-hydrogen) atoms. The number of anilines is 1. The molecule has 2 aromatic rings. The summed E-state index contributed by atoms with van der Waals surface area (Å²) in [5.41, 5.74) is 3.35. The highest BCUT2D eigenvalue weighted by molar-refractivity contribution is 5.91. The SMILES string of the molecule is C=CCN(C)c1cc(CNCCC)nc2ccccc12.